The second-order valence-electron chi connectivity index (χ2n) is 6.77. The molecule has 1 amide bonds. The van der Waals surface area contributed by atoms with Crippen molar-refractivity contribution in [2.24, 2.45) is 0 Å². The normalized spacial score (nSPS) is 15.6. The van der Waals surface area contributed by atoms with Gasteiger partial charge in [-0.05, 0) is 65.8 Å². The molecule has 0 N–H and O–H groups in total. The van der Waals surface area contributed by atoms with E-state index in [4.69, 9.17) is 0 Å². The lowest BCUT2D eigenvalue weighted by molar-refractivity contribution is -0.138. The van der Waals surface area contributed by atoms with Gasteiger partial charge in [0.15, 0.2) is 0 Å². The maximum atomic E-state index is 13.3. The Balaban J connectivity index is 1.73. The fourth-order valence-electron chi connectivity index (χ4n) is 3.50. The first kappa shape index (κ1) is 20.9. The number of piperidine rings is 1. The number of carbonyl (C=O) groups excluding carboxylic acids is 1. The smallest absolute Gasteiger partial charge is 0.371 e. The Morgan fingerprint density at radius 1 is 1.14 bits per heavy atom. The minimum absolute atomic E-state index is 0.170. The molecule has 0 atom stereocenters. The molecule has 0 unspecified atom stereocenters. The van der Waals surface area contributed by atoms with Crippen LogP contribution in [-0.2, 0) is 6.18 Å². The van der Waals surface area contributed by atoms with Gasteiger partial charge in [-0.25, -0.2) is 4.39 Å². The third-order valence-electron chi connectivity index (χ3n) is 5.04. The number of amides is 1. The topological polar surface area (TPSA) is 23.6 Å². The SMILES string of the molecule is CN(C(=O)c1ccc(F)cc1C(F)(F)F)C1CCN(c2ccccc2I)CC1. The van der Waals surface area contributed by atoms with Gasteiger partial charge in [0, 0.05) is 29.7 Å². The molecule has 2 aromatic carbocycles. The van der Waals surface area contributed by atoms with E-state index in [1.165, 1.54) is 11.9 Å². The molecular weight excluding hydrogens is 487 g/mol. The minimum Gasteiger partial charge on any atom is -0.371 e. The Kier molecular flexibility index (Phi) is 6.16. The van der Waals surface area contributed by atoms with E-state index in [9.17, 15) is 22.4 Å². The standard InChI is InChI=1S/C20H19F4IN2O/c1-26(19(28)15-7-6-13(21)12-16(15)20(22,23)24)14-8-10-27(11-9-14)18-5-3-2-4-17(18)25/h2-7,12,14H,8-11H2,1H3. The van der Waals surface area contributed by atoms with Gasteiger partial charge in [-0.2, -0.15) is 13.2 Å². The first-order chi connectivity index (χ1) is 13.2. The number of nitrogens with zero attached hydrogens (tertiary/aromatic N) is 2. The van der Waals surface area contributed by atoms with E-state index in [-0.39, 0.29) is 6.04 Å². The minimum atomic E-state index is -4.79. The monoisotopic (exact) mass is 506 g/mol. The Labute approximate surface area is 174 Å². The van der Waals surface area contributed by atoms with Crippen LogP contribution in [0.1, 0.15) is 28.8 Å². The van der Waals surface area contributed by atoms with Gasteiger partial charge < -0.3 is 9.80 Å². The van der Waals surface area contributed by atoms with Crippen LogP contribution in [-0.4, -0.2) is 37.0 Å². The van der Waals surface area contributed by atoms with Crippen molar-refractivity contribution in [3.05, 3.63) is 63.0 Å². The van der Waals surface area contributed by atoms with E-state index in [0.717, 1.165) is 21.4 Å². The van der Waals surface area contributed by atoms with Crippen LogP contribution in [0.5, 0.6) is 0 Å². The molecule has 28 heavy (non-hydrogen) atoms. The van der Waals surface area contributed by atoms with Gasteiger partial charge in [-0.3, -0.25) is 4.79 Å². The second-order valence-corrected chi connectivity index (χ2v) is 7.94. The van der Waals surface area contributed by atoms with Crippen molar-refractivity contribution >= 4 is 34.2 Å². The van der Waals surface area contributed by atoms with E-state index in [2.05, 4.69) is 27.5 Å². The van der Waals surface area contributed by atoms with E-state index < -0.39 is 29.0 Å². The molecule has 0 saturated carbocycles. The lowest BCUT2D eigenvalue weighted by Crippen LogP contribution is -2.46. The van der Waals surface area contributed by atoms with Gasteiger partial charge in [0.2, 0.25) is 0 Å². The molecule has 0 aliphatic carbocycles. The lowest BCUT2D eigenvalue weighted by Gasteiger charge is -2.38. The Morgan fingerprint density at radius 3 is 2.39 bits per heavy atom. The number of para-hydroxylation sites is 1. The summed E-state index contributed by atoms with van der Waals surface area (Å²) in [5.41, 5.74) is -0.634. The number of anilines is 1. The highest BCUT2D eigenvalue weighted by atomic mass is 127. The fourth-order valence-corrected chi connectivity index (χ4v) is 4.22. The summed E-state index contributed by atoms with van der Waals surface area (Å²) >= 11 is 2.27. The summed E-state index contributed by atoms with van der Waals surface area (Å²) in [6, 6.07) is 9.99. The number of benzene rings is 2. The van der Waals surface area contributed by atoms with Gasteiger partial charge in [0.05, 0.1) is 16.8 Å². The average Bonchev–Trinajstić information content (AvgIpc) is 2.67. The molecule has 150 valence electrons. The number of carbonyl (C=O) groups is 1. The highest BCUT2D eigenvalue weighted by molar-refractivity contribution is 14.1. The first-order valence-corrected chi connectivity index (χ1v) is 9.89. The maximum Gasteiger partial charge on any atom is 0.417 e. The third kappa shape index (κ3) is 4.42. The molecule has 0 aromatic heterocycles. The molecular formula is C20H19F4IN2O. The highest BCUT2D eigenvalue weighted by Crippen LogP contribution is 2.34. The lowest BCUT2D eigenvalue weighted by atomic mass is 10.00. The maximum absolute atomic E-state index is 13.3. The molecule has 3 nitrogen and oxygen atoms in total. The molecule has 1 fully saturated rings. The Hall–Kier alpha value is -1.84. The van der Waals surface area contributed by atoms with E-state index in [1.54, 1.807) is 0 Å². The van der Waals surface area contributed by atoms with Crippen molar-refractivity contribution in [2.75, 3.05) is 25.0 Å². The van der Waals surface area contributed by atoms with Gasteiger partial charge >= 0.3 is 6.18 Å². The summed E-state index contributed by atoms with van der Waals surface area (Å²) in [4.78, 5) is 16.3. The van der Waals surface area contributed by atoms with Crippen LogP contribution in [0.4, 0.5) is 23.2 Å². The zero-order chi connectivity index (χ0) is 20.5. The molecule has 1 aliphatic rings. The van der Waals surface area contributed by atoms with Crippen molar-refractivity contribution in [1.29, 1.82) is 0 Å². The Bertz CT molecular complexity index is 864. The molecule has 0 radical (unpaired) electrons. The van der Waals surface area contributed by atoms with Crippen molar-refractivity contribution < 1.29 is 22.4 Å². The summed E-state index contributed by atoms with van der Waals surface area (Å²) in [6.07, 6.45) is -3.49. The van der Waals surface area contributed by atoms with Crippen molar-refractivity contribution in [2.45, 2.75) is 25.1 Å². The zero-order valence-electron chi connectivity index (χ0n) is 15.1. The summed E-state index contributed by atoms with van der Waals surface area (Å²) < 4.78 is 54.1. The quantitative estimate of drug-likeness (QED) is 0.423. The van der Waals surface area contributed by atoms with Gasteiger partial charge in [-0.1, -0.05) is 12.1 Å². The number of hydrogen-bond donors (Lipinski definition) is 0. The summed E-state index contributed by atoms with van der Waals surface area (Å²) in [6.45, 7) is 1.41. The molecule has 1 heterocycles. The van der Waals surface area contributed by atoms with E-state index in [0.29, 0.717) is 32.0 Å². The molecule has 3 rings (SSSR count). The van der Waals surface area contributed by atoms with Crippen molar-refractivity contribution in [1.82, 2.24) is 4.90 Å². The van der Waals surface area contributed by atoms with E-state index >= 15 is 0 Å². The van der Waals surface area contributed by atoms with E-state index in [1.807, 2.05) is 24.3 Å². The van der Waals surface area contributed by atoms with Crippen LogP contribution in [0.3, 0.4) is 0 Å². The summed E-state index contributed by atoms with van der Waals surface area (Å²) in [7, 11) is 1.51. The summed E-state index contributed by atoms with van der Waals surface area (Å²) in [5.74, 6) is -1.75. The molecule has 2 aromatic rings. The number of halogens is 5. The molecule has 8 heteroatoms. The molecule has 0 bridgehead atoms. The van der Waals surface area contributed by atoms with Crippen molar-refractivity contribution in [3.8, 4) is 0 Å². The molecule has 1 saturated heterocycles. The number of alkyl halides is 3. The van der Waals surface area contributed by atoms with Gasteiger partial charge in [0.1, 0.15) is 5.82 Å². The van der Waals surface area contributed by atoms with Gasteiger partial charge in [0.25, 0.3) is 5.91 Å². The first-order valence-electron chi connectivity index (χ1n) is 8.82. The van der Waals surface area contributed by atoms with Crippen LogP contribution >= 0.6 is 22.6 Å². The van der Waals surface area contributed by atoms with Gasteiger partial charge in [-0.15, -0.1) is 0 Å². The number of hydrogen-bond acceptors (Lipinski definition) is 2. The molecule has 1 aliphatic heterocycles. The zero-order valence-corrected chi connectivity index (χ0v) is 17.3. The van der Waals surface area contributed by atoms with Crippen molar-refractivity contribution in [3.63, 3.8) is 0 Å². The second kappa shape index (κ2) is 8.26. The predicted molar refractivity (Wildman–Crippen MR) is 108 cm³/mol. The van der Waals surface area contributed by atoms with Crippen LogP contribution in [0.2, 0.25) is 0 Å². The average molecular weight is 506 g/mol. The Morgan fingerprint density at radius 2 is 1.79 bits per heavy atom. The predicted octanol–water partition coefficient (Wildman–Crippen LogP) is 5.19. The van der Waals surface area contributed by atoms with Crippen LogP contribution in [0.15, 0.2) is 42.5 Å². The third-order valence-corrected chi connectivity index (χ3v) is 5.96. The largest absolute Gasteiger partial charge is 0.417 e. The highest BCUT2D eigenvalue weighted by Gasteiger charge is 2.37. The number of rotatable bonds is 3. The fraction of sp³-hybridized carbons (Fsp3) is 0.350. The molecule has 0 spiro atoms. The van der Waals surface area contributed by atoms with Crippen LogP contribution < -0.4 is 4.90 Å². The summed E-state index contributed by atoms with van der Waals surface area (Å²) in [5, 5.41) is 0. The van der Waals surface area contributed by atoms with Crippen LogP contribution in [0.25, 0.3) is 0 Å². The van der Waals surface area contributed by atoms with Crippen LogP contribution in [0, 0.1) is 9.39 Å².